The fraction of sp³-hybridized carbons (Fsp3) is 0.250. The third-order valence-electron chi connectivity index (χ3n) is 0.883. The smallest absolute Gasteiger partial charge is 0.238 e. The van der Waals surface area contributed by atoms with Crippen LogP contribution in [0.4, 0.5) is 0 Å². The van der Waals surface area contributed by atoms with Crippen molar-refractivity contribution in [2.75, 3.05) is 0 Å². The molecule has 0 saturated heterocycles. The van der Waals surface area contributed by atoms with Crippen LogP contribution in [0.5, 0.6) is 0 Å². The fourth-order valence-corrected chi connectivity index (χ4v) is 1.43. The van der Waals surface area contributed by atoms with Gasteiger partial charge >= 0.3 is 0 Å². The SMILES string of the molecule is O=S(=O)(Cl)Cc1cnc[nH]1. The highest BCUT2D eigenvalue weighted by Crippen LogP contribution is 2.04. The minimum absolute atomic E-state index is 0.200. The summed E-state index contributed by atoms with van der Waals surface area (Å²) >= 11 is 0. The second kappa shape index (κ2) is 2.59. The molecule has 0 radical (unpaired) electrons. The van der Waals surface area contributed by atoms with E-state index in [-0.39, 0.29) is 5.75 Å². The largest absolute Gasteiger partial charge is 0.348 e. The van der Waals surface area contributed by atoms with Gasteiger partial charge in [0.2, 0.25) is 9.05 Å². The molecule has 0 aromatic carbocycles. The first-order chi connectivity index (χ1) is 4.58. The fourth-order valence-electron chi connectivity index (χ4n) is 0.549. The van der Waals surface area contributed by atoms with Crippen molar-refractivity contribution in [3.05, 3.63) is 18.2 Å². The maximum absolute atomic E-state index is 10.4. The van der Waals surface area contributed by atoms with E-state index in [1.807, 2.05) is 0 Å². The van der Waals surface area contributed by atoms with Crippen molar-refractivity contribution in [2.45, 2.75) is 5.75 Å². The van der Waals surface area contributed by atoms with Gasteiger partial charge in [-0.05, 0) is 0 Å². The van der Waals surface area contributed by atoms with Gasteiger partial charge in [0.25, 0.3) is 0 Å². The lowest BCUT2D eigenvalue weighted by Gasteiger charge is -1.88. The van der Waals surface area contributed by atoms with Gasteiger partial charge in [-0.15, -0.1) is 0 Å². The molecule has 4 nitrogen and oxygen atoms in total. The summed E-state index contributed by atoms with van der Waals surface area (Å²) in [6.07, 6.45) is 2.82. The molecular formula is C4H5ClN2O2S. The molecule has 1 heterocycles. The van der Waals surface area contributed by atoms with Gasteiger partial charge in [0.05, 0.1) is 12.0 Å². The Balaban J connectivity index is 2.75. The Labute approximate surface area is 62.7 Å². The van der Waals surface area contributed by atoms with Crippen LogP contribution in [0.2, 0.25) is 0 Å². The number of nitrogens with zero attached hydrogens (tertiary/aromatic N) is 1. The molecule has 0 saturated carbocycles. The van der Waals surface area contributed by atoms with Crippen molar-refractivity contribution in [3.63, 3.8) is 0 Å². The molecule has 1 rings (SSSR count). The first-order valence-electron chi connectivity index (χ1n) is 2.47. The topological polar surface area (TPSA) is 62.8 Å². The van der Waals surface area contributed by atoms with E-state index in [1.54, 1.807) is 0 Å². The van der Waals surface area contributed by atoms with Gasteiger partial charge in [-0.2, -0.15) is 0 Å². The summed E-state index contributed by atoms with van der Waals surface area (Å²) in [6.45, 7) is 0. The Kier molecular flexibility index (Phi) is 1.96. The summed E-state index contributed by atoms with van der Waals surface area (Å²) < 4.78 is 20.8. The molecule has 0 aliphatic carbocycles. The van der Waals surface area contributed by atoms with Gasteiger partial charge in [0.1, 0.15) is 5.75 Å². The first-order valence-corrected chi connectivity index (χ1v) is 4.95. The Morgan fingerprint density at radius 1 is 1.70 bits per heavy atom. The summed E-state index contributed by atoms with van der Waals surface area (Å²) in [7, 11) is 1.50. The third-order valence-corrected chi connectivity index (χ3v) is 1.87. The van der Waals surface area contributed by atoms with E-state index in [0.717, 1.165) is 0 Å². The average Bonchev–Trinajstić information content (AvgIpc) is 2.12. The van der Waals surface area contributed by atoms with Crippen molar-refractivity contribution < 1.29 is 8.42 Å². The van der Waals surface area contributed by atoms with E-state index in [1.165, 1.54) is 12.5 Å². The lowest BCUT2D eigenvalue weighted by Crippen LogP contribution is -1.94. The van der Waals surface area contributed by atoms with Crippen molar-refractivity contribution in [2.24, 2.45) is 0 Å². The Hall–Kier alpha value is -0.550. The van der Waals surface area contributed by atoms with Crippen LogP contribution >= 0.6 is 10.7 Å². The van der Waals surface area contributed by atoms with Crippen LogP contribution in [-0.2, 0) is 14.8 Å². The summed E-state index contributed by atoms with van der Waals surface area (Å²) in [6, 6.07) is 0. The first kappa shape index (κ1) is 7.56. The lowest BCUT2D eigenvalue weighted by molar-refractivity contribution is 0.608. The molecule has 0 bridgehead atoms. The average molecular weight is 181 g/mol. The van der Waals surface area contributed by atoms with E-state index in [0.29, 0.717) is 5.69 Å². The number of hydrogen-bond donors (Lipinski definition) is 1. The zero-order valence-electron chi connectivity index (χ0n) is 4.91. The Morgan fingerprint density at radius 2 is 2.40 bits per heavy atom. The van der Waals surface area contributed by atoms with E-state index in [9.17, 15) is 8.42 Å². The highest BCUT2D eigenvalue weighted by molar-refractivity contribution is 8.13. The van der Waals surface area contributed by atoms with Crippen LogP contribution in [0.15, 0.2) is 12.5 Å². The molecule has 6 heteroatoms. The van der Waals surface area contributed by atoms with Crippen LogP contribution in [0, 0.1) is 0 Å². The maximum Gasteiger partial charge on any atom is 0.238 e. The third kappa shape index (κ3) is 2.36. The Morgan fingerprint density at radius 3 is 2.80 bits per heavy atom. The zero-order chi connectivity index (χ0) is 7.61. The molecule has 56 valence electrons. The molecule has 10 heavy (non-hydrogen) atoms. The molecule has 0 fully saturated rings. The molecular weight excluding hydrogens is 176 g/mol. The standard InChI is InChI=1S/C4H5ClN2O2S/c5-10(8,9)2-4-1-6-3-7-4/h1,3H,2H2,(H,6,7). The van der Waals surface area contributed by atoms with Crippen LogP contribution in [0.1, 0.15) is 5.69 Å². The predicted molar refractivity (Wildman–Crippen MR) is 37.1 cm³/mol. The molecule has 1 aromatic rings. The van der Waals surface area contributed by atoms with Crippen molar-refractivity contribution >= 4 is 19.7 Å². The van der Waals surface area contributed by atoms with Gasteiger partial charge in [-0.3, -0.25) is 0 Å². The summed E-state index contributed by atoms with van der Waals surface area (Å²) in [5.41, 5.74) is 0.495. The number of halogens is 1. The van der Waals surface area contributed by atoms with Gasteiger partial charge in [-0.1, -0.05) is 0 Å². The van der Waals surface area contributed by atoms with Gasteiger partial charge < -0.3 is 4.98 Å². The van der Waals surface area contributed by atoms with Crippen molar-refractivity contribution in [3.8, 4) is 0 Å². The molecule has 0 atom stereocenters. The van der Waals surface area contributed by atoms with Crippen molar-refractivity contribution in [1.29, 1.82) is 0 Å². The minimum atomic E-state index is -3.45. The quantitative estimate of drug-likeness (QED) is 0.674. The highest BCUT2D eigenvalue weighted by atomic mass is 35.7. The highest BCUT2D eigenvalue weighted by Gasteiger charge is 2.06. The summed E-state index contributed by atoms with van der Waals surface area (Å²) in [5.74, 6) is -0.200. The number of aromatic amines is 1. The molecule has 1 aromatic heterocycles. The predicted octanol–water partition coefficient (Wildman–Crippen LogP) is 0.478. The number of hydrogen-bond acceptors (Lipinski definition) is 3. The van der Waals surface area contributed by atoms with Crippen LogP contribution in [0.3, 0.4) is 0 Å². The molecule has 0 aliphatic heterocycles. The van der Waals surface area contributed by atoms with E-state index in [2.05, 4.69) is 9.97 Å². The van der Waals surface area contributed by atoms with E-state index < -0.39 is 9.05 Å². The number of H-pyrrole nitrogens is 1. The molecule has 0 spiro atoms. The summed E-state index contributed by atoms with van der Waals surface area (Å²) in [4.78, 5) is 6.25. The second-order valence-corrected chi connectivity index (χ2v) is 4.54. The molecule has 0 amide bonds. The van der Waals surface area contributed by atoms with E-state index >= 15 is 0 Å². The van der Waals surface area contributed by atoms with Crippen molar-refractivity contribution in [1.82, 2.24) is 9.97 Å². The number of imidazole rings is 1. The monoisotopic (exact) mass is 180 g/mol. The Bertz CT molecular complexity index is 291. The normalized spacial score (nSPS) is 11.7. The second-order valence-electron chi connectivity index (χ2n) is 1.76. The molecule has 0 unspecified atom stereocenters. The van der Waals surface area contributed by atoms with Gasteiger partial charge in [0.15, 0.2) is 0 Å². The van der Waals surface area contributed by atoms with Crippen LogP contribution < -0.4 is 0 Å². The van der Waals surface area contributed by atoms with Crippen LogP contribution in [0.25, 0.3) is 0 Å². The molecule has 1 N–H and O–H groups in total. The van der Waals surface area contributed by atoms with E-state index in [4.69, 9.17) is 10.7 Å². The number of nitrogens with one attached hydrogen (secondary N) is 1. The number of aromatic nitrogens is 2. The maximum atomic E-state index is 10.4. The number of rotatable bonds is 2. The zero-order valence-corrected chi connectivity index (χ0v) is 6.48. The van der Waals surface area contributed by atoms with Gasteiger partial charge in [-0.25, -0.2) is 13.4 Å². The van der Waals surface area contributed by atoms with Crippen LogP contribution in [-0.4, -0.2) is 18.4 Å². The molecule has 0 aliphatic rings. The minimum Gasteiger partial charge on any atom is -0.348 e. The lowest BCUT2D eigenvalue weighted by atomic mass is 10.6. The van der Waals surface area contributed by atoms with Gasteiger partial charge in [0, 0.05) is 16.9 Å². The summed E-state index contributed by atoms with van der Waals surface area (Å²) in [5, 5.41) is 0.